The molecule has 2 heterocycles. The molecule has 0 aromatic carbocycles. The molecule has 0 atom stereocenters. The number of carbonyl (C=O) groups excluding carboxylic acids is 1. The van der Waals surface area contributed by atoms with Crippen molar-refractivity contribution in [3.05, 3.63) is 30.1 Å². The monoisotopic (exact) mass is 298 g/mol. The van der Waals surface area contributed by atoms with Crippen molar-refractivity contribution in [3.8, 4) is 0 Å². The lowest BCUT2D eigenvalue weighted by Crippen LogP contribution is -2.27. The molecule has 0 saturated carbocycles. The second-order valence-electron chi connectivity index (χ2n) is 4.16. The SMILES string of the molecule is Cn1cc(S(N)(=O)=O)cc1C(=O)NCCc1ncn[nH]1. The summed E-state index contributed by atoms with van der Waals surface area (Å²) < 4.78 is 23.8. The normalized spacial score (nSPS) is 11.5. The number of rotatable bonds is 5. The number of sulfonamides is 1. The first-order valence-corrected chi connectivity index (χ1v) is 7.24. The first-order valence-electron chi connectivity index (χ1n) is 5.69. The zero-order valence-electron chi connectivity index (χ0n) is 10.7. The zero-order chi connectivity index (χ0) is 14.8. The van der Waals surface area contributed by atoms with Crippen LogP contribution < -0.4 is 10.5 Å². The fourth-order valence-electron chi connectivity index (χ4n) is 1.65. The fraction of sp³-hybridized carbons (Fsp3) is 0.300. The van der Waals surface area contributed by atoms with E-state index in [1.165, 1.54) is 23.2 Å². The van der Waals surface area contributed by atoms with Crippen LogP contribution in [0, 0.1) is 0 Å². The van der Waals surface area contributed by atoms with Gasteiger partial charge in [-0.2, -0.15) is 5.10 Å². The van der Waals surface area contributed by atoms with Crippen molar-refractivity contribution >= 4 is 15.9 Å². The Kier molecular flexibility index (Phi) is 3.86. The summed E-state index contributed by atoms with van der Waals surface area (Å²) >= 11 is 0. The Hall–Kier alpha value is -2.20. The molecule has 0 radical (unpaired) electrons. The van der Waals surface area contributed by atoms with Gasteiger partial charge in [-0.25, -0.2) is 18.5 Å². The molecule has 20 heavy (non-hydrogen) atoms. The van der Waals surface area contributed by atoms with E-state index in [4.69, 9.17) is 5.14 Å². The van der Waals surface area contributed by atoms with Gasteiger partial charge in [0, 0.05) is 26.2 Å². The van der Waals surface area contributed by atoms with Gasteiger partial charge in [-0.3, -0.25) is 9.89 Å². The lowest BCUT2D eigenvalue weighted by Gasteiger charge is -2.04. The highest BCUT2D eigenvalue weighted by atomic mass is 32.2. The molecule has 0 bridgehead atoms. The number of H-pyrrole nitrogens is 1. The Morgan fingerprint density at radius 3 is 2.85 bits per heavy atom. The molecule has 0 aliphatic rings. The Bertz CT molecular complexity index is 703. The molecule has 0 fully saturated rings. The average Bonchev–Trinajstić information content (AvgIpc) is 2.97. The number of primary sulfonamides is 1. The van der Waals surface area contributed by atoms with Gasteiger partial charge in [-0.05, 0) is 6.07 Å². The average molecular weight is 298 g/mol. The lowest BCUT2D eigenvalue weighted by molar-refractivity contribution is 0.0946. The molecule has 108 valence electrons. The number of carbonyl (C=O) groups is 1. The van der Waals surface area contributed by atoms with E-state index in [-0.39, 0.29) is 16.5 Å². The Balaban J connectivity index is 2.00. The predicted octanol–water partition coefficient (Wildman–Crippen LogP) is -1.24. The number of aromatic amines is 1. The van der Waals surface area contributed by atoms with Crippen LogP contribution in [0.25, 0.3) is 0 Å². The Morgan fingerprint density at radius 2 is 2.30 bits per heavy atom. The third-order valence-electron chi connectivity index (χ3n) is 2.65. The zero-order valence-corrected chi connectivity index (χ0v) is 11.5. The predicted molar refractivity (Wildman–Crippen MR) is 69.2 cm³/mol. The molecule has 0 saturated heterocycles. The number of nitrogens with one attached hydrogen (secondary N) is 2. The van der Waals surface area contributed by atoms with Gasteiger partial charge in [0.1, 0.15) is 22.7 Å². The molecular formula is C10H14N6O3S. The van der Waals surface area contributed by atoms with Crippen LogP contribution in [0.3, 0.4) is 0 Å². The summed E-state index contributed by atoms with van der Waals surface area (Å²) in [4.78, 5) is 15.7. The summed E-state index contributed by atoms with van der Waals surface area (Å²) in [5.74, 6) is 0.268. The largest absolute Gasteiger partial charge is 0.350 e. The van der Waals surface area contributed by atoms with Crippen molar-refractivity contribution in [2.75, 3.05) is 6.54 Å². The van der Waals surface area contributed by atoms with Crippen LogP contribution in [0.5, 0.6) is 0 Å². The van der Waals surface area contributed by atoms with Crippen LogP contribution in [0.4, 0.5) is 0 Å². The first-order chi connectivity index (χ1) is 9.38. The van der Waals surface area contributed by atoms with Crippen LogP contribution in [-0.4, -0.2) is 40.6 Å². The quantitative estimate of drug-likeness (QED) is 0.634. The summed E-state index contributed by atoms with van der Waals surface area (Å²) in [6.07, 6.45) is 3.17. The number of hydrogen-bond donors (Lipinski definition) is 3. The van der Waals surface area contributed by atoms with Crippen LogP contribution in [0.1, 0.15) is 16.3 Å². The first kappa shape index (κ1) is 14.2. The topological polar surface area (TPSA) is 136 Å². The van der Waals surface area contributed by atoms with E-state index in [1.54, 1.807) is 7.05 Å². The molecule has 0 unspecified atom stereocenters. The molecule has 2 aromatic heterocycles. The van der Waals surface area contributed by atoms with Crippen LogP contribution in [-0.2, 0) is 23.5 Å². The van der Waals surface area contributed by atoms with Gasteiger partial charge in [0.25, 0.3) is 5.91 Å². The standard InChI is InChI=1S/C10H14N6O3S/c1-16-5-7(20(11,18)19)4-8(16)10(17)12-3-2-9-13-6-14-15-9/h4-6H,2-3H2,1H3,(H,12,17)(H2,11,18,19)(H,13,14,15). The number of aryl methyl sites for hydroxylation is 1. The van der Waals surface area contributed by atoms with Crippen molar-refractivity contribution < 1.29 is 13.2 Å². The lowest BCUT2D eigenvalue weighted by atomic mass is 10.3. The Labute approximate surface area is 115 Å². The Morgan fingerprint density at radius 1 is 1.55 bits per heavy atom. The molecule has 1 amide bonds. The fourth-order valence-corrected chi connectivity index (χ4v) is 2.23. The van der Waals surface area contributed by atoms with Gasteiger partial charge in [-0.1, -0.05) is 0 Å². The van der Waals surface area contributed by atoms with Crippen molar-refractivity contribution in [1.29, 1.82) is 0 Å². The highest BCUT2D eigenvalue weighted by Gasteiger charge is 2.17. The van der Waals surface area contributed by atoms with E-state index < -0.39 is 10.0 Å². The summed E-state index contributed by atoms with van der Waals surface area (Å²) in [5, 5.41) is 14.0. The smallest absolute Gasteiger partial charge is 0.267 e. The van der Waals surface area contributed by atoms with Crippen molar-refractivity contribution in [2.45, 2.75) is 11.3 Å². The van der Waals surface area contributed by atoms with Gasteiger partial charge in [0.05, 0.1) is 0 Å². The van der Waals surface area contributed by atoms with Gasteiger partial charge in [0.15, 0.2) is 0 Å². The van der Waals surface area contributed by atoms with Crippen LogP contribution in [0.2, 0.25) is 0 Å². The van der Waals surface area contributed by atoms with Gasteiger partial charge < -0.3 is 9.88 Å². The maximum Gasteiger partial charge on any atom is 0.267 e. The van der Waals surface area contributed by atoms with E-state index in [0.29, 0.717) is 18.8 Å². The summed E-state index contributed by atoms with van der Waals surface area (Å²) in [6, 6.07) is 1.24. The number of nitrogens with zero attached hydrogens (tertiary/aromatic N) is 3. The van der Waals surface area contributed by atoms with E-state index in [0.717, 1.165) is 0 Å². The summed E-state index contributed by atoms with van der Waals surface area (Å²) in [7, 11) is -2.25. The molecule has 0 aliphatic carbocycles. The molecule has 0 aliphatic heterocycles. The van der Waals surface area contributed by atoms with Gasteiger partial charge >= 0.3 is 0 Å². The third kappa shape index (κ3) is 3.22. The molecule has 4 N–H and O–H groups in total. The second kappa shape index (κ2) is 5.43. The molecule has 2 rings (SSSR count). The maximum absolute atomic E-state index is 11.9. The van der Waals surface area contributed by atoms with E-state index in [9.17, 15) is 13.2 Å². The summed E-state index contributed by atoms with van der Waals surface area (Å²) in [5.41, 5.74) is 0.214. The number of nitrogens with two attached hydrogens (primary N) is 1. The molecule has 2 aromatic rings. The van der Waals surface area contributed by atoms with Crippen molar-refractivity contribution in [2.24, 2.45) is 12.2 Å². The highest BCUT2D eigenvalue weighted by Crippen LogP contribution is 2.11. The molecule has 0 spiro atoms. The molecular weight excluding hydrogens is 284 g/mol. The molecule has 9 nitrogen and oxygen atoms in total. The second-order valence-corrected chi connectivity index (χ2v) is 5.72. The molecule has 10 heteroatoms. The minimum Gasteiger partial charge on any atom is -0.350 e. The number of hydrogen-bond acceptors (Lipinski definition) is 5. The number of amides is 1. The van der Waals surface area contributed by atoms with Crippen molar-refractivity contribution in [1.82, 2.24) is 25.1 Å². The minimum atomic E-state index is -3.82. The van der Waals surface area contributed by atoms with Gasteiger partial charge in [0.2, 0.25) is 10.0 Å². The highest BCUT2D eigenvalue weighted by molar-refractivity contribution is 7.89. The van der Waals surface area contributed by atoms with E-state index in [2.05, 4.69) is 20.5 Å². The minimum absolute atomic E-state index is 0.0969. The van der Waals surface area contributed by atoms with Crippen LogP contribution >= 0.6 is 0 Å². The van der Waals surface area contributed by atoms with Crippen LogP contribution in [0.15, 0.2) is 23.5 Å². The maximum atomic E-state index is 11.9. The third-order valence-corrected chi connectivity index (χ3v) is 3.53. The van der Waals surface area contributed by atoms with Crippen molar-refractivity contribution in [3.63, 3.8) is 0 Å². The summed E-state index contributed by atoms with van der Waals surface area (Å²) in [6.45, 7) is 0.351. The van der Waals surface area contributed by atoms with Gasteiger partial charge in [-0.15, -0.1) is 0 Å². The number of aromatic nitrogens is 4. The van der Waals surface area contributed by atoms with E-state index >= 15 is 0 Å². The van der Waals surface area contributed by atoms with E-state index in [1.807, 2.05) is 0 Å².